The fourth-order valence-electron chi connectivity index (χ4n) is 3.34. The highest BCUT2D eigenvalue weighted by Crippen LogP contribution is 2.38. The van der Waals surface area contributed by atoms with Crippen molar-refractivity contribution in [3.05, 3.63) is 46.6 Å². The summed E-state index contributed by atoms with van der Waals surface area (Å²) < 4.78 is 7.24. The van der Waals surface area contributed by atoms with Gasteiger partial charge in [-0.15, -0.1) is 21.5 Å². The lowest BCUT2D eigenvalue weighted by molar-refractivity contribution is 0.414. The second-order valence-electron chi connectivity index (χ2n) is 6.10. The number of rotatable bonds is 4. The Bertz CT molecular complexity index is 1070. The van der Waals surface area contributed by atoms with Gasteiger partial charge < -0.3 is 4.74 Å². The van der Waals surface area contributed by atoms with Gasteiger partial charge in [0.2, 0.25) is 0 Å². The lowest BCUT2D eigenvalue weighted by Crippen LogP contribution is -1.92. The molecule has 1 aliphatic rings. The smallest absolute Gasteiger partial charge is 0.197 e. The summed E-state index contributed by atoms with van der Waals surface area (Å²) in [6.07, 6.45) is 5.42. The Morgan fingerprint density at radius 2 is 2.08 bits per heavy atom. The van der Waals surface area contributed by atoms with Crippen molar-refractivity contribution in [2.45, 2.75) is 30.2 Å². The molecule has 0 fully saturated rings. The molecule has 0 spiro atoms. The Hall–Kier alpha value is -2.12. The third-order valence-electron chi connectivity index (χ3n) is 4.61. The van der Waals surface area contributed by atoms with Gasteiger partial charge in [-0.3, -0.25) is 4.40 Å². The number of thioether (sulfide) groups is 1. The van der Waals surface area contributed by atoms with Crippen LogP contribution in [0.4, 0.5) is 0 Å². The van der Waals surface area contributed by atoms with E-state index in [1.165, 1.54) is 34.2 Å². The number of aromatic nitrogens is 4. The summed E-state index contributed by atoms with van der Waals surface area (Å²) >= 11 is 3.49. The Morgan fingerprint density at radius 3 is 2.92 bits per heavy atom. The minimum atomic E-state index is 0.838. The van der Waals surface area contributed by atoms with Gasteiger partial charge in [-0.05, 0) is 42.5 Å². The summed E-state index contributed by atoms with van der Waals surface area (Å²) in [4.78, 5) is 7.23. The summed E-state index contributed by atoms with van der Waals surface area (Å²) in [7, 11) is 1.68. The number of benzene rings is 1. The van der Waals surface area contributed by atoms with E-state index in [4.69, 9.17) is 4.74 Å². The lowest BCUT2D eigenvalue weighted by Gasteiger charge is -2.03. The molecular weight excluding hydrogens is 352 g/mol. The first kappa shape index (κ1) is 15.2. The number of hydrogen-bond donors (Lipinski definition) is 0. The zero-order valence-electron chi connectivity index (χ0n) is 13.7. The van der Waals surface area contributed by atoms with Crippen LogP contribution in [-0.4, -0.2) is 26.7 Å². The van der Waals surface area contributed by atoms with E-state index in [1.54, 1.807) is 18.9 Å². The molecule has 126 valence electrons. The summed E-state index contributed by atoms with van der Waals surface area (Å²) in [6, 6.07) is 8.13. The predicted molar refractivity (Wildman–Crippen MR) is 101 cm³/mol. The second kappa shape index (κ2) is 6.00. The highest BCUT2D eigenvalue weighted by molar-refractivity contribution is 7.98. The zero-order chi connectivity index (χ0) is 16.8. The topological polar surface area (TPSA) is 52.3 Å². The van der Waals surface area contributed by atoms with E-state index in [0.29, 0.717) is 0 Å². The van der Waals surface area contributed by atoms with Crippen LogP contribution in [0.1, 0.15) is 22.4 Å². The normalized spacial score (nSPS) is 13.6. The van der Waals surface area contributed by atoms with Crippen molar-refractivity contribution in [1.82, 2.24) is 19.6 Å². The number of ether oxygens (including phenoxy) is 1. The van der Waals surface area contributed by atoms with Crippen LogP contribution in [0.15, 0.2) is 35.7 Å². The molecule has 4 aromatic rings. The predicted octanol–water partition coefficient (Wildman–Crippen LogP) is 4.13. The van der Waals surface area contributed by atoms with Crippen molar-refractivity contribution >= 4 is 39.0 Å². The molecule has 5 nitrogen and oxygen atoms in total. The van der Waals surface area contributed by atoms with Gasteiger partial charge in [0.1, 0.15) is 16.9 Å². The van der Waals surface area contributed by atoms with Crippen LogP contribution < -0.4 is 4.74 Å². The minimum Gasteiger partial charge on any atom is -0.497 e. The quantitative estimate of drug-likeness (QED) is 0.507. The average molecular weight is 368 g/mol. The van der Waals surface area contributed by atoms with Gasteiger partial charge in [0.05, 0.1) is 12.5 Å². The summed E-state index contributed by atoms with van der Waals surface area (Å²) in [5.41, 5.74) is 3.62. The fraction of sp³-hybridized carbons (Fsp3) is 0.278. The maximum atomic E-state index is 5.21. The second-order valence-corrected chi connectivity index (χ2v) is 8.12. The number of aryl methyl sites for hydroxylation is 2. The molecule has 1 aliphatic carbocycles. The first-order valence-electron chi connectivity index (χ1n) is 8.23. The van der Waals surface area contributed by atoms with E-state index in [2.05, 4.69) is 27.3 Å². The van der Waals surface area contributed by atoms with E-state index in [9.17, 15) is 0 Å². The molecule has 0 bridgehead atoms. The lowest BCUT2D eigenvalue weighted by atomic mass is 10.2. The summed E-state index contributed by atoms with van der Waals surface area (Å²) in [6.45, 7) is 0. The van der Waals surface area contributed by atoms with Gasteiger partial charge in [0, 0.05) is 10.6 Å². The monoisotopic (exact) mass is 368 g/mol. The number of nitrogens with zero attached hydrogens (tertiary/aromatic N) is 4. The van der Waals surface area contributed by atoms with E-state index in [-0.39, 0.29) is 0 Å². The van der Waals surface area contributed by atoms with E-state index < -0.39 is 0 Å². The Balaban J connectivity index is 1.48. The highest BCUT2D eigenvalue weighted by Gasteiger charge is 2.22. The molecule has 0 atom stereocenters. The molecule has 25 heavy (non-hydrogen) atoms. The summed E-state index contributed by atoms with van der Waals surface area (Å²) in [5.74, 6) is 1.71. The Labute approximate surface area is 153 Å². The number of thiophene rings is 1. The van der Waals surface area contributed by atoms with Crippen LogP contribution >= 0.6 is 23.1 Å². The zero-order valence-corrected chi connectivity index (χ0v) is 15.4. The molecule has 0 aliphatic heterocycles. The van der Waals surface area contributed by atoms with Crippen molar-refractivity contribution in [2.75, 3.05) is 7.11 Å². The third-order valence-corrected chi connectivity index (χ3v) is 6.82. The van der Waals surface area contributed by atoms with Crippen molar-refractivity contribution in [3.8, 4) is 5.75 Å². The molecule has 3 heterocycles. The van der Waals surface area contributed by atoms with Gasteiger partial charge in [0.15, 0.2) is 10.8 Å². The van der Waals surface area contributed by atoms with Crippen molar-refractivity contribution < 1.29 is 4.74 Å². The summed E-state index contributed by atoms with van der Waals surface area (Å²) in [5, 5.41) is 11.0. The van der Waals surface area contributed by atoms with E-state index >= 15 is 0 Å². The van der Waals surface area contributed by atoms with Crippen LogP contribution in [0.25, 0.3) is 15.9 Å². The largest absolute Gasteiger partial charge is 0.497 e. The van der Waals surface area contributed by atoms with Crippen LogP contribution in [0.2, 0.25) is 0 Å². The first-order valence-corrected chi connectivity index (χ1v) is 10.0. The molecule has 1 aromatic carbocycles. The maximum Gasteiger partial charge on any atom is 0.197 e. The van der Waals surface area contributed by atoms with Crippen LogP contribution in [0.5, 0.6) is 5.75 Å². The van der Waals surface area contributed by atoms with Crippen LogP contribution in [0, 0.1) is 0 Å². The number of hydrogen-bond acceptors (Lipinski definition) is 6. The van der Waals surface area contributed by atoms with E-state index in [1.807, 2.05) is 34.2 Å². The molecule has 0 saturated heterocycles. The van der Waals surface area contributed by atoms with Crippen LogP contribution in [0.3, 0.4) is 0 Å². The Kier molecular flexibility index (Phi) is 3.64. The molecular formula is C18H16N4OS2. The van der Waals surface area contributed by atoms with Gasteiger partial charge >= 0.3 is 0 Å². The van der Waals surface area contributed by atoms with Gasteiger partial charge in [-0.1, -0.05) is 23.9 Å². The highest BCUT2D eigenvalue weighted by atomic mass is 32.2. The fourth-order valence-corrected chi connectivity index (χ4v) is 5.42. The van der Waals surface area contributed by atoms with Crippen molar-refractivity contribution in [1.29, 1.82) is 0 Å². The number of fused-ring (bicyclic) bond motifs is 5. The SMILES string of the molecule is COc1ccc(CSc2nnc3c4c5c(sc4ncn23)CCC5)cc1. The van der Waals surface area contributed by atoms with Gasteiger partial charge in [-0.2, -0.15) is 0 Å². The molecule has 7 heteroatoms. The van der Waals surface area contributed by atoms with Gasteiger partial charge in [0.25, 0.3) is 0 Å². The van der Waals surface area contributed by atoms with Crippen molar-refractivity contribution in [3.63, 3.8) is 0 Å². The molecule has 5 rings (SSSR count). The molecule has 0 radical (unpaired) electrons. The first-order chi connectivity index (χ1) is 12.3. The average Bonchev–Trinajstić information content (AvgIpc) is 3.33. The molecule has 0 amide bonds. The molecule has 3 aromatic heterocycles. The minimum absolute atomic E-state index is 0.838. The maximum absolute atomic E-state index is 5.21. The Morgan fingerprint density at radius 1 is 1.20 bits per heavy atom. The van der Waals surface area contributed by atoms with E-state index in [0.717, 1.165) is 33.6 Å². The third kappa shape index (κ3) is 2.49. The molecule has 0 unspecified atom stereocenters. The molecule has 0 saturated carbocycles. The van der Waals surface area contributed by atoms with Gasteiger partial charge in [-0.25, -0.2) is 4.98 Å². The molecule has 0 N–H and O–H groups in total. The van der Waals surface area contributed by atoms with Crippen LogP contribution in [-0.2, 0) is 18.6 Å². The number of methoxy groups -OCH3 is 1. The van der Waals surface area contributed by atoms with Crippen molar-refractivity contribution in [2.24, 2.45) is 0 Å². The standard InChI is InChI=1S/C18H16N4OS2/c1-23-12-7-5-11(6-8-12)9-24-18-21-20-16-15-13-3-2-4-14(13)25-17(15)19-10-22(16)18/h5-8,10H,2-4,9H2,1H3.